The quantitative estimate of drug-likeness (QED) is 0.803. The van der Waals surface area contributed by atoms with Crippen LogP contribution in [0.2, 0.25) is 0 Å². The number of nitrogens with one attached hydrogen (secondary N) is 1. The van der Waals surface area contributed by atoms with Gasteiger partial charge in [0.2, 0.25) is 6.79 Å². The van der Waals surface area contributed by atoms with Crippen LogP contribution in [-0.2, 0) is 11.2 Å². The van der Waals surface area contributed by atoms with E-state index >= 15 is 0 Å². The summed E-state index contributed by atoms with van der Waals surface area (Å²) >= 11 is 0. The molecule has 0 bridgehead atoms. The van der Waals surface area contributed by atoms with Gasteiger partial charge in [0.15, 0.2) is 18.0 Å². The van der Waals surface area contributed by atoms with E-state index in [4.69, 9.17) is 9.47 Å². The van der Waals surface area contributed by atoms with Gasteiger partial charge in [-0.25, -0.2) is 0 Å². The monoisotopic (exact) mass is 355 g/mol. The van der Waals surface area contributed by atoms with E-state index in [1.165, 1.54) is 11.1 Å². The molecule has 1 aliphatic heterocycles. The summed E-state index contributed by atoms with van der Waals surface area (Å²) in [7, 11) is 0. The highest BCUT2D eigenvalue weighted by Gasteiger charge is 2.21. The first kappa shape index (κ1) is 18.3. The Labute approximate surface area is 154 Å². The van der Waals surface area contributed by atoms with Crippen LogP contribution in [0.25, 0.3) is 0 Å². The number of amides is 1. The average molecular weight is 355 g/mol. The summed E-state index contributed by atoms with van der Waals surface area (Å²) in [5, 5.41) is 5.03. The summed E-state index contributed by atoms with van der Waals surface area (Å²) in [6.45, 7) is 7.12. The van der Waals surface area contributed by atoms with Crippen molar-refractivity contribution >= 4 is 11.6 Å². The van der Waals surface area contributed by atoms with Gasteiger partial charge >= 0.3 is 0 Å². The molecule has 1 amide bonds. The van der Waals surface area contributed by atoms with Crippen LogP contribution in [0, 0.1) is 5.92 Å². The smallest absolute Gasteiger partial charge is 0.279 e. The predicted octanol–water partition coefficient (Wildman–Crippen LogP) is 2.88. The molecule has 0 fully saturated rings. The Bertz CT molecular complexity index is 756. The maximum absolute atomic E-state index is 12.4. The van der Waals surface area contributed by atoms with Gasteiger partial charge in [0, 0.05) is 23.2 Å². The molecule has 0 spiro atoms. The van der Waals surface area contributed by atoms with Crippen LogP contribution in [0.1, 0.15) is 37.9 Å². The molecule has 0 unspecified atom stereocenters. The van der Waals surface area contributed by atoms with Crippen molar-refractivity contribution in [3.63, 3.8) is 0 Å². The molecular weight excluding hydrogens is 328 g/mol. The summed E-state index contributed by atoms with van der Waals surface area (Å²) in [5.74, 6) is 1.79. The van der Waals surface area contributed by atoms with Gasteiger partial charge in [-0.15, -0.1) is 0 Å². The van der Waals surface area contributed by atoms with Crippen LogP contribution in [-0.4, -0.2) is 19.2 Å². The van der Waals surface area contributed by atoms with Crippen LogP contribution in [0.4, 0.5) is 5.69 Å². The van der Waals surface area contributed by atoms with Gasteiger partial charge in [-0.1, -0.05) is 45.0 Å². The van der Waals surface area contributed by atoms with Gasteiger partial charge in [-0.3, -0.25) is 4.79 Å². The molecule has 3 N–H and O–H groups in total. The fourth-order valence-corrected chi connectivity index (χ4v) is 3.19. The summed E-state index contributed by atoms with van der Waals surface area (Å²) in [6, 6.07) is 14.4. The van der Waals surface area contributed by atoms with E-state index in [1.807, 2.05) is 12.1 Å². The number of fused-ring (bicyclic) bond motifs is 1. The Morgan fingerprint density at radius 2 is 1.85 bits per heavy atom. The number of anilines is 1. The van der Waals surface area contributed by atoms with Crippen molar-refractivity contribution in [3.8, 4) is 11.5 Å². The van der Waals surface area contributed by atoms with Gasteiger partial charge < -0.3 is 20.1 Å². The predicted molar refractivity (Wildman–Crippen MR) is 101 cm³/mol. The molecule has 5 heteroatoms. The van der Waals surface area contributed by atoms with Crippen molar-refractivity contribution in [1.82, 2.24) is 0 Å². The Kier molecular flexibility index (Phi) is 5.78. The summed E-state index contributed by atoms with van der Waals surface area (Å²) in [4.78, 5) is 12.4. The minimum absolute atomic E-state index is 0.0281. The van der Waals surface area contributed by atoms with Crippen LogP contribution in [0.5, 0.6) is 11.5 Å². The van der Waals surface area contributed by atoms with E-state index in [0.717, 1.165) is 12.1 Å². The lowest BCUT2D eigenvalue weighted by molar-refractivity contribution is -0.692. The zero-order valence-corrected chi connectivity index (χ0v) is 15.6. The maximum Gasteiger partial charge on any atom is 0.279 e. The Morgan fingerprint density at radius 1 is 1.12 bits per heavy atom. The SMILES string of the molecule is CCc1ccc([C@@H]([NH2+]CC(=O)Nc2ccc3c(c2)OCO3)C(C)C)cc1. The Balaban J connectivity index is 1.59. The van der Waals surface area contributed by atoms with E-state index in [9.17, 15) is 4.79 Å². The molecule has 0 aliphatic carbocycles. The van der Waals surface area contributed by atoms with Crippen LogP contribution in [0.15, 0.2) is 42.5 Å². The highest BCUT2D eigenvalue weighted by Crippen LogP contribution is 2.34. The molecule has 0 radical (unpaired) electrons. The summed E-state index contributed by atoms with van der Waals surface area (Å²) in [5.41, 5.74) is 3.31. The number of benzene rings is 2. The van der Waals surface area contributed by atoms with Crippen molar-refractivity contribution in [3.05, 3.63) is 53.6 Å². The van der Waals surface area contributed by atoms with E-state index in [0.29, 0.717) is 24.0 Å². The normalized spacial score (nSPS) is 13.7. The first-order chi connectivity index (χ1) is 12.6. The number of nitrogens with two attached hydrogens (primary N) is 1. The second-order valence-electron chi connectivity index (χ2n) is 6.92. The summed E-state index contributed by atoms with van der Waals surface area (Å²) in [6.07, 6.45) is 1.04. The van der Waals surface area contributed by atoms with E-state index in [1.54, 1.807) is 6.07 Å². The summed E-state index contributed by atoms with van der Waals surface area (Å²) < 4.78 is 10.6. The number of quaternary nitrogens is 1. The molecule has 5 nitrogen and oxygen atoms in total. The first-order valence-electron chi connectivity index (χ1n) is 9.18. The lowest BCUT2D eigenvalue weighted by atomic mass is 9.95. The third-order valence-corrected chi connectivity index (χ3v) is 4.70. The minimum Gasteiger partial charge on any atom is -0.454 e. The third kappa shape index (κ3) is 4.35. The molecule has 138 valence electrons. The number of ether oxygens (including phenoxy) is 2. The number of rotatable bonds is 7. The number of hydrogen-bond acceptors (Lipinski definition) is 3. The lowest BCUT2D eigenvalue weighted by Gasteiger charge is -2.20. The van der Waals surface area contributed by atoms with E-state index in [2.05, 4.69) is 55.7 Å². The Hall–Kier alpha value is -2.53. The van der Waals surface area contributed by atoms with Crippen molar-refractivity contribution in [2.24, 2.45) is 5.92 Å². The van der Waals surface area contributed by atoms with Crippen LogP contribution >= 0.6 is 0 Å². The lowest BCUT2D eigenvalue weighted by Crippen LogP contribution is -2.88. The molecule has 1 atom stereocenters. The molecule has 26 heavy (non-hydrogen) atoms. The average Bonchev–Trinajstić information content (AvgIpc) is 3.10. The van der Waals surface area contributed by atoms with Gasteiger partial charge in [-0.2, -0.15) is 0 Å². The highest BCUT2D eigenvalue weighted by molar-refractivity contribution is 5.91. The number of carbonyl (C=O) groups excluding carboxylic acids is 1. The Morgan fingerprint density at radius 3 is 2.54 bits per heavy atom. The number of aryl methyl sites for hydroxylation is 1. The van der Waals surface area contributed by atoms with Crippen LogP contribution < -0.4 is 20.1 Å². The molecule has 1 heterocycles. The standard InChI is InChI=1S/C21H26N2O3/c1-4-15-5-7-16(8-6-15)21(14(2)3)22-12-20(24)23-17-9-10-18-19(11-17)26-13-25-18/h5-11,14,21-22H,4,12-13H2,1-3H3,(H,23,24)/p+1/t21-/m0/s1. The second kappa shape index (κ2) is 8.23. The molecular formula is C21H27N2O3+. The van der Waals surface area contributed by atoms with Gasteiger partial charge in [0.1, 0.15) is 6.04 Å². The van der Waals surface area contributed by atoms with Gasteiger partial charge in [-0.05, 0) is 24.1 Å². The molecule has 0 saturated carbocycles. The van der Waals surface area contributed by atoms with E-state index in [-0.39, 0.29) is 18.7 Å². The van der Waals surface area contributed by atoms with Gasteiger partial charge in [0.25, 0.3) is 5.91 Å². The minimum atomic E-state index is -0.0281. The molecule has 3 rings (SSSR count). The topological polar surface area (TPSA) is 64.2 Å². The first-order valence-corrected chi connectivity index (χ1v) is 9.18. The molecule has 2 aromatic carbocycles. The fraction of sp³-hybridized carbons (Fsp3) is 0.381. The zero-order chi connectivity index (χ0) is 18.5. The largest absolute Gasteiger partial charge is 0.454 e. The highest BCUT2D eigenvalue weighted by atomic mass is 16.7. The van der Waals surface area contributed by atoms with Crippen LogP contribution in [0.3, 0.4) is 0 Å². The van der Waals surface area contributed by atoms with Crippen molar-refractivity contribution in [1.29, 1.82) is 0 Å². The van der Waals surface area contributed by atoms with E-state index < -0.39 is 0 Å². The van der Waals surface area contributed by atoms with Crippen molar-refractivity contribution in [2.45, 2.75) is 33.2 Å². The third-order valence-electron chi connectivity index (χ3n) is 4.70. The molecule has 0 aromatic heterocycles. The fourth-order valence-electron chi connectivity index (χ4n) is 3.19. The molecule has 0 saturated heterocycles. The van der Waals surface area contributed by atoms with Crippen molar-refractivity contribution < 1.29 is 19.6 Å². The second-order valence-corrected chi connectivity index (χ2v) is 6.92. The maximum atomic E-state index is 12.4. The zero-order valence-electron chi connectivity index (χ0n) is 15.6. The molecule has 1 aliphatic rings. The van der Waals surface area contributed by atoms with Gasteiger partial charge in [0.05, 0.1) is 0 Å². The number of carbonyl (C=O) groups is 1. The molecule has 2 aromatic rings. The number of hydrogen-bond donors (Lipinski definition) is 2. The van der Waals surface area contributed by atoms with Crippen molar-refractivity contribution in [2.75, 3.05) is 18.7 Å².